The summed E-state index contributed by atoms with van der Waals surface area (Å²) in [4.78, 5) is 16.1. The Bertz CT molecular complexity index is 749. The summed E-state index contributed by atoms with van der Waals surface area (Å²) in [7, 11) is -9.64. The number of aryl methyl sites for hydroxylation is 2. The molecular formula is C19H31O6PS. The van der Waals surface area contributed by atoms with E-state index in [0.29, 0.717) is 6.42 Å². The Morgan fingerprint density at radius 2 is 1.67 bits per heavy atom. The van der Waals surface area contributed by atoms with Crippen LogP contribution in [0.2, 0.25) is 0 Å². The number of rotatable bonds is 12. The summed E-state index contributed by atoms with van der Waals surface area (Å²) in [5, 5.41) is 0. The van der Waals surface area contributed by atoms with Crippen molar-refractivity contribution in [2.75, 3.05) is 0 Å². The molecule has 0 saturated carbocycles. The first-order valence-corrected chi connectivity index (χ1v) is 12.5. The van der Waals surface area contributed by atoms with Crippen LogP contribution >= 0.6 is 7.60 Å². The third-order valence-corrected chi connectivity index (χ3v) is 8.02. The van der Waals surface area contributed by atoms with Crippen LogP contribution in [0.5, 0.6) is 0 Å². The molecule has 3 N–H and O–H groups in total. The van der Waals surface area contributed by atoms with Gasteiger partial charge >= 0.3 is 7.60 Å². The van der Waals surface area contributed by atoms with Crippen molar-refractivity contribution in [1.82, 2.24) is 0 Å². The summed E-state index contributed by atoms with van der Waals surface area (Å²) >= 11 is 0. The van der Waals surface area contributed by atoms with Crippen LogP contribution in [0.25, 0.3) is 0 Å². The van der Waals surface area contributed by atoms with Crippen LogP contribution in [0.4, 0.5) is 0 Å². The molecule has 1 atom stereocenters. The van der Waals surface area contributed by atoms with Crippen LogP contribution in [0, 0.1) is 0 Å². The van der Waals surface area contributed by atoms with E-state index in [1.54, 1.807) is 0 Å². The molecule has 0 amide bonds. The maximum atomic E-state index is 11.2. The van der Waals surface area contributed by atoms with Gasteiger partial charge in [-0.2, -0.15) is 8.42 Å². The first kappa shape index (κ1) is 24.1. The van der Waals surface area contributed by atoms with Gasteiger partial charge in [-0.15, -0.1) is 0 Å². The summed E-state index contributed by atoms with van der Waals surface area (Å²) in [6.45, 7) is 4.16. The monoisotopic (exact) mass is 418 g/mol. The molecule has 1 aromatic rings. The van der Waals surface area contributed by atoms with Gasteiger partial charge in [-0.05, 0) is 63.0 Å². The number of unbranched alkanes of at least 4 members (excludes halogenated alkanes) is 1. The Morgan fingerprint density at radius 1 is 1.11 bits per heavy atom. The lowest BCUT2D eigenvalue weighted by atomic mass is 10.0. The zero-order valence-corrected chi connectivity index (χ0v) is 17.8. The zero-order valence-electron chi connectivity index (χ0n) is 16.0. The molecule has 1 rings (SSSR count). The maximum absolute atomic E-state index is 11.2. The van der Waals surface area contributed by atoms with Gasteiger partial charge in [-0.25, -0.2) is 0 Å². The van der Waals surface area contributed by atoms with E-state index in [1.165, 1.54) is 11.1 Å². The van der Waals surface area contributed by atoms with Crippen molar-refractivity contribution < 1.29 is 27.3 Å². The molecule has 0 aliphatic heterocycles. The number of benzene rings is 1. The van der Waals surface area contributed by atoms with Crippen LogP contribution in [0.3, 0.4) is 0 Å². The first-order chi connectivity index (χ1) is 12.5. The average molecular weight is 418 g/mol. The van der Waals surface area contributed by atoms with Gasteiger partial charge in [-0.3, -0.25) is 9.12 Å². The molecule has 0 spiro atoms. The molecular weight excluding hydrogens is 387 g/mol. The lowest BCUT2D eigenvalue weighted by Gasteiger charge is -2.14. The third kappa shape index (κ3) is 9.67. The molecule has 0 aromatic heterocycles. The molecule has 0 heterocycles. The molecule has 0 fully saturated rings. The van der Waals surface area contributed by atoms with E-state index in [-0.39, 0.29) is 12.8 Å². The second kappa shape index (κ2) is 11.1. The summed E-state index contributed by atoms with van der Waals surface area (Å²) in [5.74, 6) is 0. The second-order valence-corrected chi connectivity index (χ2v) is 10.7. The van der Waals surface area contributed by atoms with Crippen molar-refractivity contribution in [3.8, 4) is 0 Å². The Balaban J connectivity index is 2.37. The molecule has 0 aliphatic carbocycles. The summed E-state index contributed by atoms with van der Waals surface area (Å²) in [6, 6.07) is 8.69. The molecule has 1 unspecified atom stereocenters. The van der Waals surface area contributed by atoms with Gasteiger partial charge in [0.2, 0.25) is 0 Å². The van der Waals surface area contributed by atoms with Crippen molar-refractivity contribution in [2.45, 2.75) is 70.2 Å². The molecule has 0 aliphatic rings. The van der Waals surface area contributed by atoms with E-state index in [4.69, 9.17) is 14.3 Å². The SMILES string of the molecule is CCCc1ccc(CCCC(C)=CCCCC(P(=O)(O)O)S(=O)(=O)O)cc1. The quantitative estimate of drug-likeness (QED) is 0.200. The van der Waals surface area contributed by atoms with E-state index >= 15 is 0 Å². The molecule has 0 saturated heterocycles. The van der Waals surface area contributed by atoms with Gasteiger partial charge in [0.05, 0.1) is 0 Å². The molecule has 154 valence electrons. The van der Waals surface area contributed by atoms with Gasteiger partial charge in [0, 0.05) is 0 Å². The van der Waals surface area contributed by atoms with Gasteiger partial charge in [-0.1, -0.05) is 49.3 Å². The fourth-order valence-electron chi connectivity index (χ4n) is 2.97. The minimum atomic E-state index is -4.88. The largest absolute Gasteiger partial charge is 0.346 e. The minimum Gasteiger partial charge on any atom is -0.323 e. The summed E-state index contributed by atoms with van der Waals surface area (Å²) in [6.07, 6.45) is 7.64. The van der Waals surface area contributed by atoms with E-state index in [0.717, 1.165) is 37.7 Å². The van der Waals surface area contributed by atoms with Crippen LogP contribution in [0.15, 0.2) is 35.9 Å². The summed E-state index contributed by atoms with van der Waals surface area (Å²) in [5.41, 5.74) is 3.83. The Morgan fingerprint density at radius 3 is 2.15 bits per heavy atom. The highest BCUT2D eigenvalue weighted by Gasteiger charge is 2.38. The number of allylic oxidation sites excluding steroid dienone is 2. The number of hydrogen-bond donors (Lipinski definition) is 3. The highest BCUT2D eigenvalue weighted by molar-refractivity contribution is 7.93. The molecule has 6 nitrogen and oxygen atoms in total. The fraction of sp³-hybridized carbons (Fsp3) is 0.579. The van der Waals surface area contributed by atoms with E-state index in [1.807, 2.05) is 13.0 Å². The Kier molecular flexibility index (Phi) is 9.91. The predicted octanol–water partition coefficient (Wildman–Crippen LogP) is 4.47. The van der Waals surface area contributed by atoms with Crippen molar-refractivity contribution in [3.63, 3.8) is 0 Å². The lowest BCUT2D eigenvalue weighted by molar-refractivity contribution is 0.360. The van der Waals surface area contributed by atoms with Crippen LogP contribution in [-0.4, -0.2) is 27.7 Å². The average Bonchev–Trinajstić information content (AvgIpc) is 2.54. The predicted molar refractivity (Wildman–Crippen MR) is 108 cm³/mol. The minimum absolute atomic E-state index is 0.267. The standard InChI is InChI=1S/C19H31O6PS/c1-3-7-17-12-14-18(15-13-17)10-6-9-16(2)8-4-5-11-19(26(20,21)22)27(23,24)25/h8,12-15,19H,3-7,9-11H2,1-2H3,(H2,20,21,22)(H,23,24,25). The zero-order chi connectivity index (χ0) is 20.5. The smallest absolute Gasteiger partial charge is 0.323 e. The topological polar surface area (TPSA) is 112 Å². The molecule has 8 heteroatoms. The second-order valence-electron chi connectivity index (χ2n) is 6.96. The first-order valence-electron chi connectivity index (χ1n) is 9.29. The third-order valence-electron chi connectivity index (χ3n) is 4.47. The Hall–Kier alpha value is -0.980. The number of hydrogen-bond acceptors (Lipinski definition) is 3. The van der Waals surface area contributed by atoms with Gasteiger partial charge < -0.3 is 9.79 Å². The van der Waals surface area contributed by atoms with E-state index in [9.17, 15) is 13.0 Å². The van der Waals surface area contributed by atoms with Crippen molar-refractivity contribution in [3.05, 3.63) is 47.0 Å². The van der Waals surface area contributed by atoms with Crippen LogP contribution in [0.1, 0.15) is 63.5 Å². The van der Waals surface area contributed by atoms with Crippen LogP contribution in [-0.2, 0) is 27.5 Å². The van der Waals surface area contributed by atoms with E-state index < -0.39 is 22.7 Å². The van der Waals surface area contributed by atoms with Gasteiger partial charge in [0.15, 0.2) is 4.99 Å². The molecule has 0 bridgehead atoms. The highest BCUT2D eigenvalue weighted by atomic mass is 32.2. The van der Waals surface area contributed by atoms with Gasteiger partial charge in [0.25, 0.3) is 10.1 Å². The Labute approximate surface area is 162 Å². The van der Waals surface area contributed by atoms with Crippen molar-refractivity contribution in [2.24, 2.45) is 0 Å². The molecule has 1 aromatic carbocycles. The maximum Gasteiger partial charge on any atom is 0.346 e. The van der Waals surface area contributed by atoms with Crippen molar-refractivity contribution >= 4 is 17.7 Å². The summed E-state index contributed by atoms with van der Waals surface area (Å²) < 4.78 is 42.3. The lowest BCUT2D eigenvalue weighted by Crippen LogP contribution is -2.20. The molecule has 0 radical (unpaired) electrons. The normalized spacial score (nSPS) is 14.3. The fourth-order valence-corrected chi connectivity index (χ4v) is 5.34. The van der Waals surface area contributed by atoms with Crippen LogP contribution < -0.4 is 0 Å². The van der Waals surface area contributed by atoms with Gasteiger partial charge in [0.1, 0.15) is 0 Å². The van der Waals surface area contributed by atoms with Crippen molar-refractivity contribution in [1.29, 1.82) is 0 Å². The molecule has 27 heavy (non-hydrogen) atoms. The highest BCUT2D eigenvalue weighted by Crippen LogP contribution is 2.46. The van der Waals surface area contributed by atoms with E-state index in [2.05, 4.69) is 31.2 Å².